The minimum Gasteiger partial charge on any atom is -0.342 e. The Kier molecular flexibility index (Phi) is 5.53. The van der Waals surface area contributed by atoms with Gasteiger partial charge in [-0.3, -0.25) is 9.36 Å². The standard InChI is InChI=1S/C22H25ClN4O/c1-16-20(24-21(28)18-12-6-7-13-19(18)23)25-22(26-14-8-9-15-26)27(16)17-10-4-2-3-5-11-17/h4,6-7,10-13H,2-3,5,8-9,14-15H2,1H3,(H,24,28). The molecule has 0 atom stereocenters. The van der Waals surface area contributed by atoms with Gasteiger partial charge in [-0.25, -0.2) is 0 Å². The topological polar surface area (TPSA) is 50.2 Å². The van der Waals surface area contributed by atoms with Crippen LogP contribution in [0.4, 0.5) is 11.8 Å². The molecule has 1 N–H and O–H groups in total. The number of halogens is 1. The predicted molar refractivity (Wildman–Crippen MR) is 115 cm³/mol. The normalized spacial score (nSPS) is 16.8. The first kappa shape index (κ1) is 18.8. The molecule has 1 aliphatic heterocycles. The summed E-state index contributed by atoms with van der Waals surface area (Å²) in [4.78, 5) is 19.9. The van der Waals surface area contributed by atoms with Gasteiger partial charge in [-0.1, -0.05) is 35.9 Å². The van der Waals surface area contributed by atoms with E-state index in [1.54, 1.807) is 12.1 Å². The molecule has 6 heteroatoms. The lowest BCUT2D eigenvalue weighted by Gasteiger charge is -2.19. The number of nitrogens with zero attached hydrogens (tertiary/aromatic N) is 3. The molecule has 0 saturated carbocycles. The van der Waals surface area contributed by atoms with E-state index in [4.69, 9.17) is 16.6 Å². The van der Waals surface area contributed by atoms with Crippen molar-refractivity contribution in [2.45, 2.75) is 39.0 Å². The molecule has 2 heterocycles. The molecule has 0 spiro atoms. The van der Waals surface area contributed by atoms with E-state index < -0.39 is 0 Å². The van der Waals surface area contributed by atoms with Crippen LogP contribution in [0, 0.1) is 6.92 Å². The number of aromatic nitrogens is 2. The molecule has 2 aromatic rings. The van der Waals surface area contributed by atoms with Gasteiger partial charge in [0.1, 0.15) is 0 Å². The molecule has 0 bridgehead atoms. The molecule has 4 rings (SSSR count). The van der Waals surface area contributed by atoms with Gasteiger partial charge in [0.05, 0.1) is 16.3 Å². The molecule has 1 aromatic carbocycles. The molecule has 1 aromatic heterocycles. The van der Waals surface area contributed by atoms with Gasteiger partial charge in [-0.15, -0.1) is 0 Å². The summed E-state index contributed by atoms with van der Waals surface area (Å²) in [5.41, 5.74) is 2.51. The first-order valence-corrected chi connectivity index (χ1v) is 10.3. The van der Waals surface area contributed by atoms with Gasteiger partial charge in [0, 0.05) is 18.8 Å². The minimum absolute atomic E-state index is 0.239. The highest BCUT2D eigenvalue weighted by atomic mass is 35.5. The first-order chi connectivity index (χ1) is 13.6. The molecule has 0 radical (unpaired) electrons. The average molecular weight is 397 g/mol. The molecular formula is C22H25ClN4O. The Labute approximate surface area is 170 Å². The lowest BCUT2D eigenvalue weighted by molar-refractivity contribution is 0.102. The van der Waals surface area contributed by atoms with Crippen molar-refractivity contribution in [1.82, 2.24) is 9.55 Å². The number of anilines is 2. The highest BCUT2D eigenvalue weighted by Gasteiger charge is 2.24. The van der Waals surface area contributed by atoms with Crippen molar-refractivity contribution in [2.24, 2.45) is 0 Å². The summed E-state index contributed by atoms with van der Waals surface area (Å²) in [5.74, 6) is 1.25. The third-order valence-corrected chi connectivity index (χ3v) is 5.63. The van der Waals surface area contributed by atoms with Gasteiger partial charge in [0.15, 0.2) is 5.82 Å². The van der Waals surface area contributed by atoms with Crippen molar-refractivity contribution in [1.29, 1.82) is 0 Å². The van der Waals surface area contributed by atoms with Crippen LogP contribution in [-0.4, -0.2) is 28.5 Å². The Morgan fingerprint density at radius 2 is 1.93 bits per heavy atom. The van der Waals surface area contributed by atoms with Crippen molar-refractivity contribution in [3.8, 4) is 0 Å². The summed E-state index contributed by atoms with van der Waals surface area (Å²) in [7, 11) is 0. The second-order valence-electron chi connectivity index (χ2n) is 7.27. The van der Waals surface area contributed by atoms with Gasteiger partial charge >= 0.3 is 0 Å². The maximum absolute atomic E-state index is 12.8. The zero-order valence-electron chi connectivity index (χ0n) is 16.1. The molecule has 1 aliphatic carbocycles. The molecule has 0 unspecified atom stereocenters. The molecule has 1 saturated heterocycles. The summed E-state index contributed by atoms with van der Waals surface area (Å²) in [6, 6.07) is 7.07. The van der Waals surface area contributed by atoms with E-state index in [1.165, 1.54) is 12.8 Å². The number of nitrogens with one attached hydrogen (secondary N) is 1. The van der Waals surface area contributed by atoms with Gasteiger partial charge in [0.25, 0.3) is 5.91 Å². The first-order valence-electron chi connectivity index (χ1n) is 9.92. The van der Waals surface area contributed by atoms with E-state index in [9.17, 15) is 4.79 Å². The number of amides is 1. The van der Waals surface area contributed by atoms with E-state index in [1.807, 2.05) is 19.1 Å². The number of carbonyl (C=O) groups is 1. The molecule has 2 aliphatic rings. The Morgan fingerprint density at radius 3 is 2.71 bits per heavy atom. The number of rotatable bonds is 4. The van der Waals surface area contributed by atoms with Crippen LogP contribution in [-0.2, 0) is 0 Å². The van der Waals surface area contributed by atoms with Crippen LogP contribution in [0.25, 0.3) is 5.70 Å². The van der Waals surface area contributed by atoms with E-state index in [0.29, 0.717) is 16.4 Å². The second-order valence-corrected chi connectivity index (χ2v) is 7.68. The average Bonchev–Trinajstić information content (AvgIpc) is 3.23. The highest BCUT2D eigenvalue weighted by Crippen LogP contribution is 2.31. The van der Waals surface area contributed by atoms with Crippen LogP contribution < -0.4 is 10.2 Å². The maximum Gasteiger partial charge on any atom is 0.258 e. The Bertz CT molecular complexity index is 938. The van der Waals surface area contributed by atoms with Crippen molar-refractivity contribution in [3.63, 3.8) is 0 Å². The zero-order valence-corrected chi connectivity index (χ0v) is 16.9. The summed E-state index contributed by atoms with van der Waals surface area (Å²) in [5, 5.41) is 3.41. The largest absolute Gasteiger partial charge is 0.342 e. The Balaban J connectivity index is 1.72. The number of hydrogen-bond donors (Lipinski definition) is 1. The van der Waals surface area contributed by atoms with Crippen molar-refractivity contribution >= 4 is 35.0 Å². The van der Waals surface area contributed by atoms with Crippen LogP contribution >= 0.6 is 11.6 Å². The van der Waals surface area contributed by atoms with E-state index >= 15 is 0 Å². The van der Waals surface area contributed by atoms with E-state index in [2.05, 4.69) is 33.0 Å². The zero-order chi connectivity index (χ0) is 19.5. The van der Waals surface area contributed by atoms with Crippen LogP contribution in [0.1, 0.15) is 48.2 Å². The number of hydrogen-bond acceptors (Lipinski definition) is 3. The fourth-order valence-electron chi connectivity index (χ4n) is 3.79. The second kappa shape index (κ2) is 8.23. The van der Waals surface area contributed by atoms with Crippen molar-refractivity contribution < 1.29 is 4.79 Å². The number of imidazole rings is 1. The minimum atomic E-state index is -0.239. The van der Waals surface area contributed by atoms with E-state index in [-0.39, 0.29) is 5.91 Å². The van der Waals surface area contributed by atoms with E-state index in [0.717, 1.165) is 49.7 Å². The Morgan fingerprint density at radius 1 is 1.14 bits per heavy atom. The van der Waals surface area contributed by atoms with Gasteiger partial charge in [-0.05, 0) is 57.2 Å². The van der Waals surface area contributed by atoms with Gasteiger partial charge in [-0.2, -0.15) is 4.98 Å². The van der Waals surface area contributed by atoms with Crippen LogP contribution in [0.2, 0.25) is 5.02 Å². The van der Waals surface area contributed by atoms with Gasteiger partial charge in [0.2, 0.25) is 5.95 Å². The fourth-order valence-corrected chi connectivity index (χ4v) is 4.01. The van der Waals surface area contributed by atoms with Crippen molar-refractivity contribution in [3.05, 3.63) is 58.8 Å². The summed E-state index contributed by atoms with van der Waals surface area (Å²) < 4.78 is 2.18. The molecule has 5 nitrogen and oxygen atoms in total. The SMILES string of the molecule is Cc1c(NC(=O)c2ccccc2Cl)nc(N2CCCC2)n1C1=CCCCC=C1. The molecule has 28 heavy (non-hydrogen) atoms. The van der Waals surface area contributed by atoms with Crippen LogP contribution in [0.15, 0.2) is 42.5 Å². The lowest BCUT2D eigenvalue weighted by Crippen LogP contribution is -2.22. The molecular weight excluding hydrogens is 372 g/mol. The van der Waals surface area contributed by atoms with Crippen LogP contribution in [0.3, 0.4) is 0 Å². The lowest BCUT2D eigenvalue weighted by atomic mass is 10.2. The van der Waals surface area contributed by atoms with Crippen LogP contribution in [0.5, 0.6) is 0 Å². The molecule has 1 fully saturated rings. The monoisotopic (exact) mass is 396 g/mol. The predicted octanol–water partition coefficient (Wildman–Crippen LogP) is 5.28. The number of allylic oxidation sites excluding steroid dienone is 4. The highest BCUT2D eigenvalue weighted by molar-refractivity contribution is 6.34. The summed E-state index contributed by atoms with van der Waals surface area (Å²) in [6.07, 6.45) is 12.3. The fraction of sp³-hybridized carbons (Fsp3) is 0.364. The number of carbonyl (C=O) groups excluding carboxylic acids is 1. The molecule has 146 valence electrons. The Hall–Kier alpha value is -2.53. The van der Waals surface area contributed by atoms with Crippen molar-refractivity contribution in [2.75, 3.05) is 23.3 Å². The third-order valence-electron chi connectivity index (χ3n) is 5.30. The summed E-state index contributed by atoms with van der Waals surface area (Å²) in [6.45, 7) is 3.99. The third kappa shape index (κ3) is 3.72. The smallest absolute Gasteiger partial charge is 0.258 e. The number of benzene rings is 1. The van der Waals surface area contributed by atoms with Gasteiger partial charge < -0.3 is 10.2 Å². The summed E-state index contributed by atoms with van der Waals surface area (Å²) >= 11 is 6.19. The maximum atomic E-state index is 12.8. The quantitative estimate of drug-likeness (QED) is 0.764. The molecule has 1 amide bonds.